The van der Waals surface area contributed by atoms with Crippen LogP contribution in [0, 0.1) is 0 Å². The summed E-state index contributed by atoms with van der Waals surface area (Å²) in [6.07, 6.45) is 16.4. The van der Waals surface area contributed by atoms with Crippen molar-refractivity contribution in [2.24, 2.45) is 0 Å². The van der Waals surface area contributed by atoms with E-state index in [2.05, 4.69) is 30.0 Å². The molecular weight excluding hydrogens is 464 g/mol. The second kappa shape index (κ2) is 11.7. The average molecular weight is 501 g/mol. The molecule has 0 spiro atoms. The summed E-state index contributed by atoms with van der Waals surface area (Å²) in [5.74, 6) is -0.786. The number of carboxylic acid groups (broad SMARTS) is 1. The molecule has 2 fully saturated rings. The summed E-state index contributed by atoms with van der Waals surface area (Å²) in [6, 6.07) is 7.17. The maximum absolute atomic E-state index is 12.6. The summed E-state index contributed by atoms with van der Waals surface area (Å²) in [5, 5.41) is 9.05. The first kappa shape index (κ1) is 25.2. The topological polar surface area (TPSA) is 60.9 Å². The molecule has 4 rings (SSSR count). The number of carbonyl (C=O) groups is 2. The van der Waals surface area contributed by atoms with Crippen LogP contribution >= 0.6 is 24.0 Å². The Bertz CT molecular complexity index is 961. The molecule has 2 heterocycles. The van der Waals surface area contributed by atoms with Gasteiger partial charge in [-0.1, -0.05) is 88.3 Å². The van der Waals surface area contributed by atoms with Crippen LogP contribution in [0.25, 0.3) is 6.08 Å². The standard InChI is InChI=1S/C27H36N2O3S2/c1-2-3-4-5-6-7-8-9-15-28-22-12-10-11-20(22)21-16-19(13-14-23(21)28)17-24-26(32)29(18-25(30)31)27(33)34-24/h13-14,16-17,20,22H,2-12,15,18H2,1H3,(H,30,31)/b24-17-. The Balaban J connectivity index is 1.40. The number of amides is 1. The van der Waals surface area contributed by atoms with Crippen molar-refractivity contribution in [3.8, 4) is 0 Å². The highest BCUT2D eigenvalue weighted by Crippen LogP contribution is 2.49. The van der Waals surface area contributed by atoms with Gasteiger partial charge in [-0.3, -0.25) is 14.5 Å². The van der Waals surface area contributed by atoms with Gasteiger partial charge in [0.15, 0.2) is 0 Å². The van der Waals surface area contributed by atoms with Crippen molar-refractivity contribution in [1.29, 1.82) is 0 Å². The van der Waals surface area contributed by atoms with Gasteiger partial charge in [-0.15, -0.1) is 0 Å². The summed E-state index contributed by atoms with van der Waals surface area (Å²) in [7, 11) is 0. The highest BCUT2D eigenvalue weighted by Gasteiger charge is 2.41. The van der Waals surface area contributed by atoms with Crippen molar-refractivity contribution in [1.82, 2.24) is 4.90 Å². The first-order chi connectivity index (χ1) is 16.5. The molecule has 34 heavy (non-hydrogen) atoms. The minimum Gasteiger partial charge on any atom is -0.480 e. The van der Waals surface area contributed by atoms with Gasteiger partial charge in [0.25, 0.3) is 5.91 Å². The van der Waals surface area contributed by atoms with Gasteiger partial charge in [0.05, 0.1) is 4.91 Å². The molecule has 0 aromatic heterocycles. The third-order valence-corrected chi connectivity index (χ3v) is 8.74. The van der Waals surface area contributed by atoms with E-state index in [0.29, 0.717) is 21.2 Å². The lowest BCUT2D eigenvalue weighted by atomic mass is 9.96. The Morgan fingerprint density at radius 3 is 2.62 bits per heavy atom. The summed E-state index contributed by atoms with van der Waals surface area (Å²) in [6.45, 7) is 3.02. The highest BCUT2D eigenvalue weighted by atomic mass is 32.2. The Labute approximate surface area is 213 Å². The zero-order valence-corrected chi connectivity index (χ0v) is 21.8. The average Bonchev–Trinajstić information content (AvgIpc) is 3.46. The third-order valence-electron chi connectivity index (χ3n) is 7.36. The van der Waals surface area contributed by atoms with Crippen LogP contribution in [0.5, 0.6) is 0 Å². The van der Waals surface area contributed by atoms with Crippen molar-refractivity contribution in [2.45, 2.75) is 89.5 Å². The smallest absolute Gasteiger partial charge is 0.323 e. The number of thioether (sulfide) groups is 1. The molecule has 5 nitrogen and oxygen atoms in total. The van der Waals surface area contributed by atoms with Gasteiger partial charge in [-0.2, -0.15) is 0 Å². The van der Waals surface area contributed by atoms with E-state index < -0.39 is 5.97 Å². The van der Waals surface area contributed by atoms with Crippen LogP contribution in [0.3, 0.4) is 0 Å². The first-order valence-electron chi connectivity index (χ1n) is 12.9. The molecule has 1 N–H and O–H groups in total. The van der Waals surface area contributed by atoms with Crippen LogP contribution in [0.4, 0.5) is 5.69 Å². The Morgan fingerprint density at radius 2 is 1.88 bits per heavy atom. The fourth-order valence-corrected chi connectivity index (χ4v) is 6.96. The fraction of sp³-hybridized carbons (Fsp3) is 0.593. The summed E-state index contributed by atoms with van der Waals surface area (Å²) >= 11 is 6.42. The van der Waals surface area contributed by atoms with E-state index in [0.717, 1.165) is 12.1 Å². The number of hydrogen-bond acceptors (Lipinski definition) is 5. The molecule has 0 bridgehead atoms. The molecule has 3 aliphatic rings. The number of aliphatic carboxylic acids is 1. The van der Waals surface area contributed by atoms with Gasteiger partial charge < -0.3 is 10.0 Å². The lowest BCUT2D eigenvalue weighted by Crippen LogP contribution is -2.33. The molecule has 7 heteroatoms. The minimum atomic E-state index is -1.06. The summed E-state index contributed by atoms with van der Waals surface area (Å²) < 4.78 is 0.312. The number of benzene rings is 1. The molecule has 184 valence electrons. The summed E-state index contributed by atoms with van der Waals surface area (Å²) in [4.78, 5) is 28.0. The van der Waals surface area contributed by atoms with E-state index in [-0.39, 0.29) is 12.5 Å². The maximum Gasteiger partial charge on any atom is 0.323 e. The number of unbranched alkanes of at least 4 members (excludes halogenated alkanes) is 7. The molecule has 1 saturated carbocycles. The van der Waals surface area contributed by atoms with E-state index in [1.807, 2.05) is 6.08 Å². The first-order valence-corrected chi connectivity index (χ1v) is 14.1. The number of thiocarbonyl (C=S) groups is 1. The van der Waals surface area contributed by atoms with Crippen LogP contribution in [0.15, 0.2) is 23.1 Å². The van der Waals surface area contributed by atoms with Crippen molar-refractivity contribution in [2.75, 3.05) is 18.0 Å². The quantitative estimate of drug-likeness (QED) is 0.199. The summed E-state index contributed by atoms with van der Waals surface area (Å²) in [5.41, 5.74) is 3.78. The number of hydrogen-bond donors (Lipinski definition) is 1. The molecule has 1 amide bonds. The van der Waals surface area contributed by atoms with Crippen LogP contribution in [0.2, 0.25) is 0 Å². The Kier molecular flexibility index (Phi) is 8.70. The van der Waals surface area contributed by atoms with Crippen LogP contribution in [-0.4, -0.2) is 45.3 Å². The van der Waals surface area contributed by atoms with E-state index in [4.69, 9.17) is 17.3 Å². The highest BCUT2D eigenvalue weighted by molar-refractivity contribution is 8.26. The van der Waals surface area contributed by atoms with E-state index in [1.54, 1.807) is 0 Å². The molecule has 2 atom stereocenters. The van der Waals surface area contributed by atoms with Crippen molar-refractivity contribution >= 4 is 51.9 Å². The number of fused-ring (bicyclic) bond motifs is 3. The SMILES string of the molecule is CCCCCCCCCCN1c2ccc(/C=C3\SC(=S)N(CC(=O)O)C3=O)cc2C2CCCC21. The molecule has 1 aliphatic carbocycles. The van der Waals surface area contributed by atoms with E-state index in [9.17, 15) is 9.59 Å². The second-order valence-electron chi connectivity index (χ2n) is 9.75. The predicted molar refractivity (Wildman–Crippen MR) is 144 cm³/mol. The Hall–Kier alpha value is -1.86. The third kappa shape index (κ3) is 5.68. The number of nitrogens with zero attached hydrogens (tertiary/aromatic N) is 2. The maximum atomic E-state index is 12.6. The molecule has 1 saturated heterocycles. The van der Waals surface area contributed by atoms with Gasteiger partial charge in [-0.05, 0) is 48.6 Å². The molecule has 2 unspecified atom stereocenters. The second-order valence-corrected chi connectivity index (χ2v) is 11.4. The van der Waals surface area contributed by atoms with Crippen molar-refractivity contribution in [3.63, 3.8) is 0 Å². The van der Waals surface area contributed by atoms with Gasteiger partial charge in [0, 0.05) is 24.2 Å². The zero-order valence-electron chi connectivity index (χ0n) is 20.1. The van der Waals surface area contributed by atoms with Gasteiger partial charge in [-0.25, -0.2) is 0 Å². The molecule has 2 aliphatic heterocycles. The fourth-order valence-electron chi connectivity index (χ4n) is 5.70. The monoisotopic (exact) mass is 500 g/mol. The number of carbonyl (C=O) groups excluding carboxylic acids is 1. The normalized spacial score (nSPS) is 22.7. The largest absolute Gasteiger partial charge is 0.480 e. The predicted octanol–water partition coefficient (Wildman–Crippen LogP) is 6.57. The zero-order chi connectivity index (χ0) is 24.1. The van der Waals surface area contributed by atoms with Crippen molar-refractivity contribution < 1.29 is 14.7 Å². The lowest BCUT2D eigenvalue weighted by molar-refractivity contribution is -0.140. The molecule has 0 radical (unpaired) electrons. The molecule has 1 aromatic carbocycles. The number of anilines is 1. The lowest BCUT2D eigenvalue weighted by Gasteiger charge is -2.27. The van der Waals surface area contributed by atoms with Crippen LogP contribution < -0.4 is 4.90 Å². The molecule has 1 aromatic rings. The van der Waals surface area contributed by atoms with Crippen LogP contribution in [0.1, 0.15) is 94.6 Å². The van der Waals surface area contributed by atoms with E-state index in [1.165, 1.54) is 98.5 Å². The number of carboxylic acids is 1. The molecular formula is C27H36N2O3S2. The number of rotatable bonds is 12. The van der Waals surface area contributed by atoms with Gasteiger partial charge in [0.2, 0.25) is 0 Å². The Morgan fingerprint density at radius 1 is 1.15 bits per heavy atom. The van der Waals surface area contributed by atoms with Crippen molar-refractivity contribution in [3.05, 3.63) is 34.2 Å². The van der Waals surface area contributed by atoms with E-state index >= 15 is 0 Å². The van der Waals surface area contributed by atoms with Crippen LogP contribution in [-0.2, 0) is 9.59 Å². The van der Waals surface area contributed by atoms with Gasteiger partial charge in [0.1, 0.15) is 10.9 Å². The minimum absolute atomic E-state index is 0.312. The van der Waals surface area contributed by atoms with Gasteiger partial charge >= 0.3 is 5.97 Å².